The summed E-state index contributed by atoms with van der Waals surface area (Å²) in [6.07, 6.45) is 0. The fourth-order valence-corrected chi connectivity index (χ4v) is 4.75. The quantitative estimate of drug-likeness (QED) is 0.449. The van der Waals surface area contributed by atoms with Gasteiger partial charge in [0.2, 0.25) is 5.91 Å². The molecule has 0 saturated carbocycles. The first-order valence-electron chi connectivity index (χ1n) is 10.5. The summed E-state index contributed by atoms with van der Waals surface area (Å²) in [7, 11) is -0.0290. The zero-order chi connectivity index (χ0) is 25.6. The van der Waals surface area contributed by atoms with Crippen molar-refractivity contribution in [3.8, 4) is 11.5 Å². The van der Waals surface area contributed by atoms with Crippen LogP contribution in [0, 0.1) is 6.92 Å². The van der Waals surface area contributed by atoms with Crippen LogP contribution in [0.15, 0.2) is 71.6 Å². The number of carbonyl (C=O) groups excluding carboxylic acids is 2. The summed E-state index contributed by atoms with van der Waals surface area (Å²) in [5, 5.41) is 2.61. The molecule has 1 N–H and O–H groups in total. The summed E-state index contributed by atoms with van der Waals surface area (Å²) in [5.74, 6) is -0.595. The molecule has 0 heterocycles. The second-order valence-electron chi connectivity index (χ2n) is 7.45. The SMILES string of the molecule is COC(=O)c1ccccc1NC(=O)CN(c1ccc(OC)c(OC)c1)S(=O)(=O)c1ccc(C)cc1. The molecule has 0 bridgehead atoms. The molecule has 35 heavy (non-hydrogen) atoms. The molecule has 0 aliphatic carbocycles. The second kappa shape index (κ2) is 10.9. The molecule has 0 radical (unpaired) electrons. The Kier molecular flexibility index (Phi) is 7.98. The molecule has 184 valence electrons. The zero-order valence-corrected chi connectivity index (χ0v) is 20.6. The van der Waals surface area contributed by atoms with Crippen LogP contribution in [-0.2, 0) is 19.6 Å². The summed E-state index contributed by atoms with van der Waals surface area (Å²) in [6.45, 7) is 1.27. The number of anilines is 2. The number of sulfonamides is 1. The van der Waals surface area contributed by atoms with Crippen LogP contribution >= 0.6 is 0 Å². The number of methoxy groups -OCH3 is 3. The summed E-state index contributed by atoms with van der Waals surface area (Å²) in [6, 6.07) is 17.1. The molecule has 3 aromatic carbocycles. The third-order valence-electron chi connectivity index (χ3n) is 5.16. The Morgan fingerprint density at radius 3 is 2.17 bits per heavy atom. The maximum atomic E-state index is 13.6. The lowest BCUT2D eigenvalue weighted by molar-refractivity contribution is -0.114. The molecule has 1 amide bonds. The molecule has 0 aromatic heterocycles. The average molecular weight is 499 g/mol. The Hall–Kier alpha value is -4.05. The van der Waals surface area contributed by atoms with Gasteiger partial charge in [0.25, 0.3) is 10.0 Å². The molecule has 0 fully saturated rings. The maximum Gasteiger partial charge on any atom is 0.339 e. The van der Waals surface area contributed by atoms with E-state index in [1.165, 1.54) is 57.7 Å². The number of ether oxygens (including phenoxy) is 3. The predicted molar refractivity (Wildman–Crippen MR) is 132 cm³/mol. The van der Waals surface area contributed by atoms with Gasteiger partial charge in [-0.05, 0) is 43.3 Å². The Morgan fingerprint density at radius 1 is 0.886 bits per heavy atom. The van der Waals surface area contributed by atoms with Crippen molar-refractivity contribution in [2.75, 3.05) is 37.5 Å². The first-order valence-corrected chi connectivity index (χ1v) is 11.9. The summed E-state index contributed by atoms with van der Waals surface area (Å²) in [4.78, 5) is 25.1. The fourth-order valence-electron chi connectivity index (χ4n) is 3.33. The number of para-hydroxylation sites is 1. The number of esters is 1. The number of hydrogen-bond donors (Lipinski definition) is 1. The highest BCUT2D eigenvalue weighted by Gasteiger charge is 2.28. The van der Waals surface area contributed by atoms with E-state index in [2.05, 4.69) is 5.32 Å². The Labute approximate surface area is 204 Å². The van der Waals surface area contributed by atoms with Gasteiger partial charge in [-0.3, -0.25) is 9.10 Å². The van der Waals surface area contributed by atoms with Gasteiger partial charge in [-0.25, -0.2) is 13.2 Å². The van der Waals surface area contributed by atoms with Crippen molar-refractivity contribution in [1.29, 1.82) is 0 Å². The molecular formula is C25H26N2O7S. The van der Waals surface area contributed by atoms with Crippen LogP contribution in [0.5, 0.6) is 11.5 Å². The van der Waals surface area contributed by atoms with Crippen molar-refractivity contribution in [2.45, 2.75) is 11.8 Å². The fraction of sp³-hybridized carbons (Fsp3) is 0.200. The number of nitrogens with zero attached hydrogens (tertiary/aromatic N) is 1. The van der Waals surface area contributed by atoms with Crippen LogP contribution in [0.3, 0.4) is 0 Å². The van der Waals surface area contributed by atoms with Gasteiger partial charge in [0.15, 0.2) is 11.5 Å². The molecule has 0 spiro atoms. The molecular weight excluding hydrogens is 472 g/mol. The van der Waals surface area contributed by atoms with Crippen molar-refractivity contribution in [3.05, 3.63) is 77.9 Å². The van der Waals surface area contributed by atoms with Gasteiger partial charge in [0.05, 0.1) is 43.2 Å². The number of aryl methyl sites for hydroxylation is 1. The van der Waals surface area contributed by atoms with Gasteiger partial charge < -0.3 is 19.5 Å². The molecule has 0 unspecified atom stereocenters. The molecule has 3 aromatic rings. The molecule has 3 rings (SSSR count). The summed E-state index contributed by atoms with van der Waals surface area (Å²) in [5.41, 5.74) is 1.42. The van der Waals surface area contributed by atoms with E-state index in [4.69, 9.17) is 14.2 Å². The minimum atomic E-state index is -4.15. The van der Waals surface area contributed by atoms with Crippen LogP contribution in [0.1, 0.15) is 15.9 Å². The third-order valence-corrected chi connectivity index (χ3v) is 6.95. The maximum absolute atomic E-state index is 13.6. The van der Waals surface area contributed by atoms with Gasteiger partial charge in [-0.15, -0.1) is 0 Å². The molecule has 0 saturated heterocycles. The van der Waals surface area contributed by atoms with Crippen molar-refractivity contribution in [3.63, 3.8) is 0 Å². The minimum absolute atomic E-state index is 0.0145. The number of benzene rings is 3. The highest BCUT2D eigenvalue weighted by molar-refractivity contribution is 7.92. The monoisotopic (exact) mass is 498 g/mol. The molecule has 0 atom stereocenters. The van der Waals surface area contributed by atoms with E-state index in [1.807, 2.05) is 6.92 Å². The number of amides is 1. The van der Waals surface area contributed by atoms with E-state index >= 15 is 0 Å². The van der Waals surface area contributed by atoms with Crippen LogP contribution in [0.4, 0.5) is 11.4 Å². The van der Waals surface area contributed by atoms with E-state index in [9.17, 15) is 18.0 Å². The molecule has 0 aliphatic rings. The van der Waals surface area contributed by atoms with E-state index < -0.39 is 28.4 Å². The van der Waals surface area contributed by atoms with Crippen molar-refractivity contribution in [1.82, 2.24) is 0 Å². The zero-order valence-electron chi connectivity index (χ0n) is 19.8. The lowest BCUT2D eigenvalue weighted by Crippen LogP contribution is -2.38. The Morgan fingerprint density at radius 2 is 1.54 bits per heavy atom. The highest BCUT2D eigenvalue weighted by atomic mass is 32.2. The van der Waals surface area contributed by atoms with Gasteiger partial charge in [0, 0.05) is 6.07 Å². The summed E-state index contributed by atoms with van der Waals surface area (Å²) < 4.78 is 43.5. The van der Waals surface area contributed by atoms with Crippen molar-refractivity contribution in [2.24, 2.45) is 0 Å². The lowest BCUT2D eigenvalue weighted by Gasteiger charge is -2.25. The molecule has 10 heteroatoms. The molecule has 9 nitrogen and oxygen atoms in total. The number of rotatable bonds is 9. The van der Waals surface area contributed by atoms with E-state index in [0.29, 0.717) is 11.5 Å². The normalized spacial score (nSPS) is 10.9. The lowest BCUT2D eigenvalue weighted by atomic mass is 10.2. The summed E-state index contributed by atoms with van der Waals surface area (Å²) >= 11 is 0. The Bertz CT molecular complexity index is 1320. The van der Waals surface area contributed by atoms with Crippen LogP contribution < -0.4 is 19.1 Å². The Balaban J connectivity index is 2.02. The average Bonchev–Trinajstić information content (AvgIpc) is 2.86. The van der Waals surface area contributed by atoms with Gasteiger partial charge in [-0.2, -0.15) is 0 Å². The smallest absolute Gasteiger partial charge is 0.339 e. The number of hydrogen-bond acceptors (Lipinski definition) is 7. The topological polar surface area (TPSA) is 111 Å². The first-order chi connectivity index (χ1) is 16.7. The van der Waals surface area contributed by atoms with E-state index in [0.717, 1.165) is 9.87 Å². The van der Waals surface area contributed by atoms with Gasteiger partial charge in [-0.1, -0.05) is 29.8 Å². The number of carbonyl (C=O) groups is 2. The van der Waals surface area contributed by atoms with Crippen LogP contribution in [-0.4, -0.2) is 48.2 Å². The molecule has 0 aliphatic heterocycles. The van der Waals surface area contributed by atoms with Gasteiger partial charge >= 0.3 is 5.97 Å². The first kappa shape index (κ1) is 25.6. The van der Waals surface area contributed by atoms with E-state index in [-0.39, 0.29) is 21.8 Å². The minimum Gasteiger partial charge on any atom is -0.493 e. The van der Waals surface area contributed by atoms with Crippen molar-refractivity contribution < 1.29 is 32.2 Å². The number of nitrogens with one attached hydrogen (secondary N) is 1. The van der Waals surface area contributed by atoms with E-state index in [1.54, 1.807) is 30.3 Å². The highest BCUT2D eigenvalue weighted by Crippen LogP contribution is 2.34. The standard InChI is InChI=1S/C25H26N2O7S/c1-17-9-12-19(13-10-17)35(30,31)27(18-11-14-22(32-2)23(15-18)33-3)16-24(28)26-21-8-6-5-7-20(21)25(29)34-4/h5-15H,16H2,1-4H3,(H,26,28). The second-order valence-corrected chi connectivity index (χ2v) is 9.31. The van der Waals surface area contributed by atoms with Gasteiger partial charge in [0.1, 0.15) is 6.54 Å². The van der Waals surface area contributed by atoms with Crippen LogP contribution in [0.2, 0.25) is 0 Å². The van der Waals surface area contributed by atoms with Crippen molar-refractivity contribution >= 4 is 33.3 Å². The largest absolute Gasteiger partial charge is 0.493 e. The van der Waals surface area contributed by atoms with Crippen LogP contribution in [0.25, 0.3) is 0 Å². The predicted octanol–water partition coefficient (Wildman–Crippen LogP) is 3.63. The third kappa shape index (κ3) is 5.72.